The number of carbonyl (C=O) groups is 1. The Bertz CT molecular complexity index is 714. The average molecular weight is 311 g/mol. The van der Waals surface area contributed by atoms with E-state index >= 15 is 0 Å². The average Bonchev–Trinajstić information content (AvgIpc) is 2.95. The first kappa shape index (κ1) is 15.8. The molecule has 0 saturated carbocycles. The van der Waals surface area contributed by atoms with Crippen molar-refractivity contribution >= 4 is 16.9 Å². The molecule has 0 saturated heterocycles. The van der Waals surface area contributed by atoms with Gasteiger partial charge in [-0.25, -0.2) is 4.98 Å². The Morgan fingerprint density at radius 1 is 1.39 bits per heavy atom. The number of hydrogen-bond donors (Lipinski definition) is 1. The summed E-state index contributed by atoms with van der Waals surface area (Å²) in [7, 11) is 0. The van der Waals surface area contributed by atoms with Crippen LogP contribution in [0.15, 0.2) is 36.2 Å². The number of amides is 1. The zero-order valence-corrected chi connectivity index (χ0v) is 13.8. The first-order valence-corrected chi connectivity index (χ1v) is 8.69. The predicted molar refractivity (Wildman–Crippen MR) is 93.5 cm³/mol. The van der Waals surface area contributed by atoms with Gasteiger partial charge in [-0.05, 0) is 50.7 Å². The number of fused-ring (bicyclic) bond motifs is 1. The number of hydrogen-bond acceptors (Lipinski definition) is 2. The Balaban J connectivity index is 1.69. The van der Waals surface area contributed by atoms with Crippen LogP contribution in [0.3, 0.4) is 0 Å². The van der Waals surface area contributed by atoms with E-state index in [2.05, 4.69) is 27.9 Å². The second kappa shape index (κ2) is 7.44. The summed E-state index contributed by atoms with van der Waals surface area (Å²) in [5, 5.41) is 4.01. The smallest absolute Gasteiger partial charge is 0.253 e. The molecule has 23 heavy (non-hydrogen) atoms. The van der Waals surface area contributed by atoms with Crippen LogP contribution in [0.5, 0.6) is 0 Å². The lowest BCUT2D eigenvalue weighted by molar-refractivity contribution is 0.0955. The Morgan fingerprint density at radius 3 is 3.09 bits per heavy atom. The van der Waals surface area contributed by atoms with Gasteiger partial charge >= 0.3 is 0 Å². The van der Waals surface area contributed by atoms with Gasteiger partial charge in [-0.1, -0.05) is 18.6 Å². The van der Waals surface area contributed by atoms with Crippen LogP contribution in [0.1, 0.15) is 55.8 Å². The molecule has 1 N–H and O–H groups in total. The van der Waals surface area contributed by atoms with Crippen molar-refractivity contribution in [3.8, 4) is 0 Å². The molecule has 1 amide bonds. The van der Waals surface area contributed by atoms with Gasteiger partial charge in [-0.3, -0.25) is 4.79 Å². The molecular weight excluding hydrogens is 286 g/mol. The molecular formula is C19H25N3O. The minimum atomic E-state index is 0.00858. The van der Waals surface area contributed by atoms with Crippen LogP contribution in [-0.2, 0) is 6.54 Å². The fourth-order valence-corrected chi connectivity index (χ4v) is 3.28. The molecule has 1 aliphatic rings. The lowest BCUT2D eigenvalue weighted by atomic mass is 9.97. The lowest BCUT2D eigenvalue weighted by Gasteiger charge is -2.12. The maximum atomic E-state index is 12.5. The Labute approximate surface area is 137 Å². The van der Waals surface area contributed by atoms with Crippen LogP contribution >= 0.6 is 0 Å². The van der Waals surface area contributed by atoms with Gasteiger partial charge in [0.25, 0.3) is 5.91 Å². The van der Waals surface area contributed by atoms with E-state index in [9.17, 15) is 4.79 Å². The number of aromatic nitrogens is 2. The van der Waals surface area contributed by atoms with Crippen LogP contribution in [-0.4, -0.2) is 22.0 Å². The molecule has 0 atom stereocenters. The Kier molecular flexibility index (Phi) is 5.11. The van der Waals surface area contributed by atoms with E-state index in [1.807, 2.05) is 18.3 Å². The monoisotopic (exact) mass is 311 g/mol. The number of carbonyl (C=O) groups excluding carboxylic acids is 1. The fraction of sp³-hybridized carbons (Fsp3) is 0.474. The van der Waals surface area contributed by atoms with Gasteiger partial charge in [-0.15, -0.1) is 0 Å². The number of aryl methyl sites for hydroxylation is 1. The zero-order chi connectivity index (χ0) is 16.1. The van der Waals surface area contributed by atoms with Gasteiger partial charge in [0, 0.05) is 30.9 Å². The first-order valence-electron chi connectivity index (χ1n) is 8.69. The molecule has 1 aliphatic carbocycles. The van der Waals surface area contributed by atoms with Crippen molar-refractivity contribution in [2.45, 2.75) is 52.0 Å². The summed E-state index contributed by atoms with van der Waals surface area (Å²) < 4.78 is 2.08. The molecule has 4 nitrogen and oxygen atoms in total. The molecule has 122 valence electrons. The molecule has 0 fully saturated rings. The first-order chi connectivity index (χ1) is 11.3. The summed E-state index contributed by atoms with van der Waals surface area (Å²) in [6.07, 6.45) is 13.0. The Morgan fingerprint density at radius 2 is 2.30 bits per heavy atom. The van der Waals surface area contributed by atoms with Crippen LogP contribution in [0.25, 0.3) is 11.0 Å². The van der Waals surface area contributed by atoms with Crippen molar-refractivity contribution in [3.63, 3.8) is 0 Å². The molecule has 0 aliphatic heterocycles. The molecule has 0 aromatic carbocycles. The molecule has 0 bridgehead atoms. The minimum absolute atomic E-state index is 0.00858. The highest BCUT2D eigenvalue weighted by Crippen LogP contribution is 2.21. The van der Waals surface area contributed by atoms with E-state index < -0.39 is 0 Å². The van der Waals surface area contributed by atoms with Crippen molar-refractivity contribution in [2.75, 3.05) is 6.54 Å². The highest BCUT2D eigenvalue weighted by Gasteiger charge is 2.15. The van der Waals surface area contributed by atoms with E-state index in [1.165, 1.54) is 31.3 Å². The maximum Gasteiger partial charge on any atom is 0.253 e. The molecule has 4 heteroatoms. The van der Waals surface area contributed by atoms with Gasteiger partial charge in [-0.2, -0.15) is 0 Å². The van der Waals surface area contributed by atoms with Gasteiger partial charge in [0.1, 0.15) is 5.65 Å². The summed E-state index contributed by atoms with van der Waals surface area (Å²) in [6, 6.07) is 3.87. The van der Waals surface area contributed by atoms with E-state index in [0.717, 1.165) is 36.0 Å². The van der Waals surface area contributed by atoms with E-state index in [1.54, 1.807) is 6.20 Å². The van der Waals surface area contributed by atoms with Crippen molar-refractivity contribution in [3.05, 3.63) is 41.7 Å². The molecule has 2 aromatic rings. The number of allylic oxidation sites excluding steroid dienone is 1. The van der Waals surface area contributed by atoms with Gasteiger partial charge < -0.3 is 9.88 Å². The van der Waals surface area contributed by atoms with Gasteiger partial charge in [0.15, 0.2) is 0 Å². The van der Waals surface area contributed by atoms with Crippen molar-refractivity contribution < 1.29 is 4.79 Å². The van der Waals surface area contributed by atoms with Crippen LogP contribution in [0.4, 0.5) is 0 Å². The van der Waals surface area contributed by atoms with Crippen molar-refractivity contribution in [1.82, 2.24) is 14.9 Å². The van der Waals surface area contributed by atoms with E-state index in [4.69, 9.17) is 0 Å². The lowest BCUT2D eigenvalue weighted by Crippen LogP contribution is -2.24. The fourth-order valence-electron chi connectivity index (χ4n) is 3.28. The molecule has 2 aromatic heterocycles. The second-order valence-electron chi connectivity index (χ2n) is 6.22. The minimum Gasteiger partial charge on any atom is -0.352 e. The molecule has 0 radical (unpaired) electrons. The van der Waals surface area contributed by atoms with Crippen molar-refractivity contribution in [1.29, 1.82) is 0 Å². The van der Waals surface area contributed by atoms with Gasteiger partial charge in [0.2, 0.25) is 0 Å². The zero-order valence-electron chi connectivity index (χ0n) is 13.8. The largest absolute Gasteiger partial charge is 0.352 e. The summed E-state index contributed by atoms with van der Waals surface area (Å²) in [5.41, 5.74) is 3.13. The third-order valence-corrected chi connectivity index (χ3v) is 4.46. The van der Waals surface area contributed by atoms with Crippen LogP contribution in [0.2, 0.25) is 0 Å². The normalized spacial score (nSPS) is 14.7. The second-order valence-corrected chi connectivity index (χ2v) is 6.22. The maximum absolute atomic E-state index is 12.5. The third kappa shape index (κ3) is 3.63. The van der Waals surface area contributed by atoms with E-state index in [0.29, 0.717) is 6.54 Å². The highest BCUT2D eigenvalue weighted by molar-refractivity contribution is 6.06. The highest BCUT2D eigenvalue weighted by atomic mass is 16.1. The van der Waals surface area contributed by atoms with Crippen LogP contribution in [0, 0.1) is 0 Å². The molecule has 3 rings (SSSR count). The molecule has 0 spiro atoms. The standard InChI is InChI=1S/C19H25N3O/c1-2-13-22-14-17(16-9-6-11-20-18(16)22)19(23)21-12-10-15-7-4-3-5-8-15/h6-7,9,11,14H,2-5,8,10,12-13H2,1H3,(H,21,23). The predicted octanol–water partition coefficient (Wildman–Crippen LogP) is 4.07. The summed E-state index contributed by atoms with van der Waals surface area (Å²) in [4.78, 5) is 17.0. The quantitative estimate of drug-likeness (QED) is 0.818. The summed E-state index contributed by atoms with van der Waals surface area (Å²) in [6.45, 7) is 3.73. The summed E-state index contributed by atoms with van der Waals surface area (Å²) >= 11 is 0. The number of pyridine rings is 1. The SMILES string of the molecule is CCCn1cc(C(=O)NCCC2=CCCCC2)c2cccnc21. The van der Waals surface area contributed by atoms with Gasteiger partial charge in [0.05, 0.1) is 5.56 Å². The van der Waals surface area contributed by atoms with Crippen LogP contribution < -0.4 is 5.32 Å². The number of rotatable bonds is 6. The molecule has 0 unspecified atom stereocenters. The van der Waals surface area contributed by atoms with E-state index in [-0.39, 0.29) is 5.91 Å². The van der Waals surface area contributed by atoms with Crippen molar-refractivity contribution in [2.24, 2.45) is 0 Å². The topological polar surface area (TPSA) is 46.9 Å². The summed E-state index contributed by atoms with van der Waals surface area (Å²) in [5.74, 6) is 0.00858. The number of nitrogens with zero attached hydrogens (tertiary/aromatic N) is 2. The Hall–Kier alpha value is -2.10. The third-order valence-electron chi connectivity index (χ3n) is 4.46. The number of nitrogens with one attached hydrogen (secondary N) is 1. The molecule has 2 heterocycles.